The molecule has 0 aliphatic rings. The van der Waals surface area contributed by atoms with Crippen molar-refractivity contribution in [3.8, 4) is 5.75 Å². The molecule has 1 aromatic carbocycles. The molecular formula is C19H30O3. The average molecular weight is 306 g/mol. The Morgan fingerprint density at radius 3 is 2.36 bits per heavy atom. The number of hydrogen-bond donors (Lipinski definition) is 0. The van der Waals surface area contributed by atoms with Gasteiger partial charge in [-0.1, -0.05) is 45.2 Å². The molecule has 1 atom stereocenters. The van der Waals surface area contributed by atoms with Crippen LogP contribution in [0.15, 0.2) is 24.3 Å². The van der Waals surface area contributed by atoms with Gasteiger partial charge in [0.1, 0.15) is 5.75 Å². The number of methoxy groups -OCH3 is 1. The highest BCUT2D eigenvalue weighted by Gasteiger charge is 2.09. The molecule has 0 aliphatic carbocycles. The number of ether oxygens (including phenoxy) is 2. The fourth-order valence-corrected chi connectivity index (χ4v) is 2.48. The van der Waals surface area contributed by atoms with E-state index in [1.54, 1.807) is 0 Å². The lowest BCUT2D eigenvalue weighted by molar-refractivity contribution is -0.140. The lowest BCUT2D eigenvalue weighted by atomic mass is 10.1. The summed E-state index contributed by atoms with van der Waals surface area (Å²) >= 11 is 0. The Morgan fingerprint density at radius 2 is 1.77 bits per heavy atom. The number of benzene rings is 1. The Morgan fingerprint density at radius 1 is 1.05 bits per heavy atom. The first-order chi connectivity index (χ1) is 10.7. The quantitative estimate of drug-likeness (QED) is 0.544. The van der Waals surface area contributed by atoms with E-state index in [-0.39, 0.29) is 5.97 Å². The molecule has 3 heteroatoms. The van der Waals surface area contributed by atoms with Gasteiger partial charge in [-0.15, -0.1) is 0 Å². The summed E-state index contributed by atoms with van der Waals surface area (Å²) in [5.74, 6) is 0.810. The number of rotatable bonds is 11. The van der Waals surface area contributed by atoms with Crippen LogP contribution < -0.4 is 4.74 Å². The molecule has 0 saturated heterocycles. The summed E-state index contributed by atoms with van der Waals surface area (Å²) in [5.41, 5.74) is 1.23. The van der Waals surface area contributed by atoms with Crippen molar-refractivity contribution >= 4 is 5.97 Å². The highest BCUT2D eigenvalue weighted by atomic mass is 16.5. The average Bonchev–Trinajstić information content (AvgIpc) is 2.54. The molecule has 0 amide bonds. The van der Waals surface area contributed by atoms with E-state index in [9.17, 15) is 4.79 Å². The molecule has 1 unspecified atom stereocenters. The standard InChI is InChI=1S/C19H30O3/c1-4-6-10-17(8-5-2)22-18-14-12-16(13-15-18)9-7-11-19(20)21-3/h12-15,17H,4-11H2,1-3H3. The van der Waals surface area contributed by atoms with Gasteiger partial charge in [-0.3, -0.25) is 4.79 Å². The first-order valence-electron chi connectivity index (χ1n) is 8.52. The summed E-state index contributed by atoms with van der Waals surface area (Å²) in [6, 6.07) is 8.27. The molecule has 0 bridgehead atoms. The Bertz CT molecular complexity index is 411. The highest BCUT2D eigenvalue weighted by Crippen LogP contribution is 2.19. The SMILES string of the molecule is CCCCC(CCC)Oc1ccc(CCCC(=O)OC)cc1. The van der Waals surface area contributed by atoms with Crippen LogP contribution in [0.2, 0.25) is 0 Å². The van der Waals surface area contributed by atoms with Crippen molar-refractivity contribution in [1.82, 2.24) is 0 Å². The van der Waals surface area contributed by atoms with Crippen molar-refractivity contribution in [2.75, 3.05) is 7.11 Å². The Hall–Kier alpha value is -1.51. The van der Waals surface area contributed by atoms with E-state index in [1.807, 2.05) is 12.1 Å². The molecule has 0 N–H and O–H groups in total. The molecule has 0 aliphatic heterocycles. The van der Waals surface area contributed by atoms with E-state index in [4.69, 9.17) is 4.74 Å². The Balaban J connectivity index is 2.43. The molecule has 3 nitrogen and oxygen atoms in total. The maximum Gasteiger partial charge on any atom is 0.305 e. The summed E-state index contributed by atoms with van der Waals surface area (Å²) in [7, 11) is 1.43. The first-order valence-corrected chi connectivity index (χ1v) is 8.52. The van der Waals surface area contributed by atoms with Crippen LogP contribution in [0, 0.1) is 0 Å². The number of hydrogen-bond acceptors (Lipinski definition) is 3. The van der Waals surface area contributed by atoms with Crippen LogP contribution in [0.1, 0.15) is 64.4 Å². The fraction of sp³-hybridized carbons (Fsp3) is 0.632. The fourth-order valence-electron chi connectivity index (χ4n) is 2.48. The molecule has 0 fully saturated rings. The van der Waals surface area contributed by atoms with E-state index in [0.29, 0.717) is 12.5 Å². The molecule has 1 rings (SSSR count). The summed E-state index contributed by atoms with van der Waals surface area (Å²) in [4.78, 5) is 11.1. The number of carbonyl (C=O) groups is 1. The largest absolute Gasteiger partial charge is 0.490 e. The normalized spacial score (nSPS) is 12.0. The van der Waals surface area contributed by atoms with Crippen LogP contribution in [-0.2, 0) is 16.0 Å². The lowest BCUT2D eigenvalue weighted by Crippen LogP contribution is -2.16. The van der Waals surface area contributed by atoms with Crippen LogP contribution in [-0.4, -0.2) is 19.2 Å². The zero-order valence-corrected chi connectivity index (χ0v) is 14.3. The van der Waals surface area contributed by atoms with Crippen LogP contribution in [0.4, 0.5) is 0 Å². The molecule has 0 saturated carbocycles. The van der Waals surface area contributed by atoms with Gasteiger partial charge < -0.3 is 9.47 Å². The van der Waals surface area contributed by atoms with Crippen molar-refractivity contribution < 1.29 is 14.3 Å². The van der Waals surface area contributed by atoms with Gasteiger partial charge in [0.05, 0.1) is 13.2 Å². The smallest absolute Gasteiger partial charge is 0.305 e. The van der Waals surface area contributed by atoms with Crippen LogP contribution >= 0.6 is 0 Å². The molecule has 0 spiro atoms. The van der Waals surface area contributed by atoms with E-state index >= 15 is 0 Å². The molecule has 0 aromatic heterocycles. The summed E-state index contributed by atoms with van der Waals surface area (Å²) in [5, 5.41) is 0. The molecule has 0 heterocycles. The Kier molecular flexibility index (Phi) is 9.36. The maximum atomic E-state index is 11.1. The van der Waals surface area contributed by atoms with Crippen molar-refractivity contribution in [1.29, 1.82) is 0 Å². The monoisotopic (exact) mass is 306 g/mol. The highest BCUT2D eigenvalue weighted by molar-refractivity contribution is 5.69. The van der Waals surface area contributed by atoms with E-state index in [1.165, 1.54) is 25.5 Å². The summed E-state index contributed by atoms with van der Waals surface area (Å²) in [6.45, 7) is 4.42. The minimum Gasteiger partial charge on any atom is -0.490 e. The van der Waals surface area contributed by atoms with Gasteiger partial charge in [0.15, 0.2) is 0 Å². The van der Waals surface area contributed by atoms with Crippen LogP contribution in [0.3, 0.4) is 0 Å². The third kappa shape index (κ3) is 7.48. The van der Waals surface area contributed by atoms with Gasteiger partial charge in [0.2, 0.25) is 0 Å². The van der Waals surface area contributed by atoms with Crippen LogP contribution in [0.5, 0.6) is 5.75 Å². The van der Waals surface area contributed by atoms with Crippen LogP contribution in [0.25, 0.3) is 0 Å². The number of aryl methyl sites for hydroxylation is 1. The van der Waals surface area contributed by atoms with Crippen molar-refractivity contribution in [2.24, 2.45) is 0 Å². The van der Waals surface area contributed by atoms with Crippen molar-refractivity contribution in [2.45, 2.75) is 71.3 Å². The molecule has 0 radical (unpaired) electrons. The van der Waals surface area contributed by atoms with Gasteiger partial charge in [-0.05, 0) is 43.4 Å². The number of esters is 1. The van der Waals surface area contributed by atoms with Gasteiger partial charge in [-0.25, -0.2) is 0 Å². The summed E-state index contributed by atoms with van der Waals surface area (Å²) in [6.07, 6.45) is 8.34. The maximum absolute atomic E-state index is 11.1. The molecular weight excluding hydrogens is 276 g/mol. The van der Waals surface area contributed by atoms with Gasteiger partial charge in [0, 0.05) is 6.42 Å². The van der Waals surface area contributed by atoms with E-state index < -0.39 is 0 Å². The summed E-state index contributed by atoms with van der Waals surface area (Å²) < 4.78 is 10.7. The predicted octanol–water partition coefficient (Wildman–Crippen LogP) is 4.92. The second-order valence-electron chi connectivity index (χ2n) is 5.74. The van der Waals surface area contributed by atoms with Crippen molar-refractivity contribution in [3.63, 3.8) is 0 Å². The second-order valence-corrected chi connectivity index (χ2v) is 5.74. The van der Waals surface area contributed by atoms with E-state index in [0.717, 1.165) is 37.9 Å². The topological polar surface area (TPSA) is 35.5 Å². The zero-order valence-electron chi connectivity index (χ0n) is 14.3. The van der Waals surface area contributed by atoms with Gasteiger partial charge >= 0.3 is 5.97 Å². The van der Waals surface area contributed by atoms with Crippen molar-refractivity contribution in [3.05, 3.63) is 29.8 Å². The minimum atomic E-state index is -0.140. The Labute approximate surface area is 135 Å². The lowest BCUT2D eigenvalue weighted by Gasteiger charge is -2.18. The third-order valence-corrected chi connectivity index (χ3v) is 3.79. The zero-order chi connectivity index (χ0) is 16.2. The van der Waals surface area contributed by atoms with E-state index in [2.05, 4.69) is 30.7 Å². The molecule has 124 valence electrons. The molecule has 22 heavy (non-hydrogen) atoms. The van der Waals surface area contributed by atoms with Gasteiger partial charge in [-0.2, -0.15) is 0 Å². The first kappa shape index (κ1) is 18.5. The molecule has 1 aromatic rings. The number of unbranched alkanes of at least 4 members (excludes halogenated alkanes) is 1. The third-order valence-electron chi connectivity index (χ3n) is 3.79. The number of carbonyl (C=O) groups excluding carboxylic acids is 1. The predicted molar refractivity (Wildman–Crippen MR) is 90.2 cm³/mol. The second kappa shape index (κ2) is 11.1. The van der Waals surface area contributed by atoms with Gasteiger partial charge in [0.25, 0.3) is 0 Å². The minimum absolute atomic E-state index is 0.140.